The molecule has 0 saturated heterocycles. The van der Waals surface area contributed by atoms with E-state index < -0.39 is 5.97 Å². The molecular formula is C13H16N2O3. The lowest BCUT2D eigenvalue weighted by Crippen LogP contribution is -2.12. The number of carbonyl (C=O) groups is 1. The van der Waals surface area contributed by atoms with Crippen LogP contribution in [0.4, 0.5) is 0 Å². The summed E-state index contributed by atoms with van der Waals surface area (Å²) in [5.74, 6) is -0.516. The number of carboxylic acids is 1. The summed E-state index contributed by atoms with van der Waals surface area (Å²) in [6.45, 7) is 6.11. The first-order valence-corrected chi connectivity index (χ1v) is 5.72. The lowest BCUT2D eigenvalue weighted by atomic mass is 9.92. The average molecular weight is 248 g/mol. The molecule has 0 aliphatic heterocycles. The molecule has 0 unspecified atom stereocenters. The highest BCUT2D eigenvalue weighted by Crippen LogP contribution is 2.25. The molecule has 0 aromatic carbocycles. The Kier molecular flexibility index (Phi) is 2.77. The van der Waals surface area contributed by atoms with Crippen molar-refractivity contribution in [2.45, 2.75) is 27.2 Å². The zero-order valence-corrected chi connectivity index (χ0v) is 10.6. The van der Waals surface area contributed by atoms with Crippen LogP contribution in [0.2, 0.25) is 0 Å². The average Bonchev–Trinajstić information content (AvgIpc) is 2.56. The Bertz CT molecular complexity index is 608. The lowest BCUT2D eigenvalue weighted by Gasteiger charge is -2.17. The topological polar surface area (TPSA) is 74.8 Å². The van der Waals surface area contributed by atoms with Gasteiger partial charge in [-0.2, -0.15) is 0 Å². The zero-order valence-electron chi connectivity index (χ0n) is 10.6. The van der Waals surface area contributed by atoms with Crippen molar-refractivity contribution in [3.63, 3.8) is 0 Å². The summed E-state index contributed by atoms with van der Waals surface area (Å²) in [6.07, 6.45) is 0.582. The van der Waals surface area contributed by atoms with E-state index in [0.29, 0.717) is 17.8 Å². The molecule has 0 bridgehead atoms. The molecule has 18 heavy (non-hydrogen) atoms. The fourth-order valence-electron chi connectivity index (χ4n) is 1.94. The maximum atomic E-state index is 11.1. The number of aromatic hydroxyl groups is 1. The van der Waals surface area contributed by atoms with Crippen molar-refractivity contribution in [2.75, 3.05) is 0 Å². The largest absolute Gasteiger partial charge is 0.494 e. The van der Waals surface area contributed by atoms with Gasteiger partial charge in [-0.1, -0.05) is 26.8 Å². The maximum Gasteiger partial charge on any atom is 0.356 e. The Morgan fingerprint density at radius 3 is 2.61 bits per heavy atom. The van der Waals surface area contributed by atoms with Crippen molar-refractivity contribution in [2.24, 2.45) is 5.41 Å². The minimum atomic E-state index is -1.08. The Morgan fingerprint density at radius 2 is 2.06 bits per heavy atom. The molecular weight excluding hydrogens is 232 g/mol. The van der Waals surface area contributed by atoms with E-state index in [1.54, 1.807) is 12.1 Å². The molecule has 2 heterocycles. The van der Waals surface area contributed by atoms with E-state index in [2.05, 4.69) is 4.98 Å². The minimum Gasteiger partial charge on any atom is -0.494 e. The predicted octanol–water partition coefficient (Wildman–Crippen LogP) is 2.33. The number of aromatic nitrogens is 2. The van der Waals surface area contributed by atoms with Gasteiger partial charge < -0.3 is 10.2 Å². The molecule has 0 saturated carbocycles. The van der Waals surface area contributed by atoms with Gasteiger partial charge in [-0.3, -0.25) is 4.40 Å². The van der Waals surface area contributed by atoms with Crippen LogP contribution in [0.1, 0.15) is 37.1 Å². The normalized spacial score (nSPS) is 11.9. The Balaban J connectivity index is 2.70. The summed E-state index contributed by atoms with van der Waals surface area (Å²) < 4.78 is 1.49. The summed E-state index contributed by atoms with van der Waals surface area (Å²) in [5.41, 5.74) is 0.353. The highest BCUT2D eigenvalue weighted by molar-refractivity contribution is 5.93. The number of pyridine rings is 1. The minimum absolute atomic E-state index is 0.00625. The third-order valence-electron chi connectivity index (χ3n) is 2.60. The van der Waals surface area contributed by atoms with Gasteiger partial charge >= 0.3 is 5.97 Å². The number of nitrogens with zero attached hydrogens (tertiary/aromatic N) is 2. The van der Waals surface area contributed by atoms with Crippen molar-refractivity contribution >= 4 is 11.5 Å². The van der Waals surface area contributed by atoms with Crippen LogP contribution in [0, 0.1) is 5.41 Å². The number of aromatic carboxylic acids is 1. The Labute approximate surface area is 105 Å². The molecule has 2 aromatic rings. The maximum absolute atomic E-state index is 11.1. The molecule has 5 heteroatoms. The first-order chi connectivity index (χ1) is 8.29. The zero-order chi connectivity index (χ0) is 13.5. The number of hydrogen-bond donors (Lipinski definition) is 2. The molecule has 0 radical (unpaired) electrons. The summed E-state index contributed by atoms with van der Waals surface area (Å²) >= 11 is 0. The van der Waals surface area contributed by atoms with E-state index in [-0.39, 0.29) is 17.0 Å². The third-order valence-corrected chi connectivity index (χ3v) is 2.60. The number of hydrogen-bond acceptors (Lipinski definition) is 3. The number of imidazole rings is 1. The van der Waals surface area contributed by atoms with Gasteiger partial charge in [0.25, 0.3) is 0 Å². The van der Waals surface area contributed by atoms with E-state index >= 15 is 0 Å². The molecule has 0 amide bonds. The fourth-order valence-corrected chi connectivity index (χ4v) is 1.94. The Hall–Kier alpha value is -2.04. The molecule has 5 nitrogen and oxygen atoms in total. The van der Waals surface area contributed by atoms with Crippen LogP contribution >= 0.6 is 0 Å². The Morgan fingerprint density at radius 1 is 1.39 bits per heavy atom. The van der Waals surface area contributed by atoms with Crippen LogP contribution in [0.25, 0.3) is 5.52 Å². The van der Waals surface area contributed by atoms with Crippen LogP contribution < -0.4 is 0 Å². The van der Waals surface area contributed by atoms with Crippen molar-refractivity contribution in [3.8, 4) is 5.88 Å². The van der Waals surface area contributed by atoms with Crippen molar-refractivity contribution in [1.29, 1.82) is 0 Å². The van der Waals surface area contributed by atoms with Crippen molar-refractivity contribution < 1.29 is 15.0 Å². The first-order valence-electron chi connectivity index (χ1n) is 5.72. The molecule has 2 N–H and O–H groups in total. The van der Waals surface area contributed by atoms with Gasteiger partial charge in [0.2, 0.25) is 0 Å². The second-order valence-electron chi connectivity index (χ2n) is 5.52. The SMILES string of the molecule is CC(C)(C)Cc1nc(C(=O)O)c2cccc(O)n12. The van der Waals surface area contributed by atoms with E-state index in [9.17, 15) is 9.90 Å². The van der Waals surface area contributed by atoms with Gasteiger partial charge in [0, 0.05) is 6.42 Å². The second-order valence-corrected chi connectivity index (χ2v) is 5.52. The van der Waals surface area contributed by atoms with E-state index in [1.165, 1.54) is 10.5 Å². The smallest absolute Gasteiger partial charge is 0.356 e. The van der Waals surface area contributed by atoms with Crippen LogP contribution in [0.5, 0.6) is 5.88 Å². The first kappa shape index (κ1) is 12.4. The van der Waals surface area contributed by atoms with E-state index in [1.807, 2.05) is 20.8 Å². The lowest BCUT2D eigenvalue weighted by molar-refractivity contribution is 0.0693. The van der Waals surface area contributed by atoms with Gasteiger partial charge in [0.1, 0.15) is 5.82 Å². The molecule has 0 spiro atoms. The highest BCUT2D eigenvalue weighted by Gasteiger charge is 2.22. The molecule has 2 rings (SSSR count). The highest BCUT2D eigenvalue weighted by atomic mass is 16.4. The van der Waals surface area contributed by atoms with Crippen molar-refractivity contribution in [3.05, 3.63) is 29.7 Å². The van der Waals surface area contributed by atoms with Gasteiger partial charge in [0.05, 0.1) is 5.52 Å². The van der Waals surface area contributed by atoms with Gasteiger partial charge in [-0.05, 0) is 17.5 Å². The molecule has 2 aromatic heterocycles. The summed E-state index contributed by atoms with van der Waals surface area (Å²) in [6, 6.07) is 4.77. The van der Waals surface area contributed by atoms with Crippen LogP contribution in [-0.2, 0) is 6.42 Å². The summed E-state index contributed by atoms with van der Waals surface area (Å²) in [5, 5.41) is 19.0. The quantitative estimate of drug-likeness (QED) is 0.855. The molecule has 0 aliphatic carbocycles. The van der Waals surface area contributed by atoms with E-state index in [0.717, 1.165) is 0 Å². The fraction of sp³-hybridized carbons (Fsp3) is 0.385. The van der Waals surface area contributed by atoms with Gasteiger partial charge in [0.15, 0.2) is 11.6 Å². The molecule has 0 atom stereocenters. The molecule has 0 aliphatic rings. The second kappa shape index (κ2) is 4.01. The van der Waals surface area contributed by atoms with Crippen LogP contribution in [0.3, 0.4) is 0 Å². The molecule has 96 valence electrons. The van der Waals surface area contributed by atoms with Gasteiger partial charge in [-0.15, -0.1) is 0 Å². The molecule has 0 fully saturated rings. The van der Waals surface area contributed by atoms with E-state index in [4.69, 9.17) is 5.11 Å². The number of fused-ring (bicyclic) bond motifs is 1. The number of rotatable bonds is 2. The monoisotopic (exact) mass is 248 g/mol. The van der Waals surface area contributed by atoms with Crippen LogP contribution in [0.15, 0.2) is 18.2 Å². The van der Waals surface area contributed by atoms with Crippen LogP contribution in [-0.4, -0.2) is 25.6 Å². The predicted molar refractivity (Wildman–Crippen MR) is 67.0 cm³/mol. The van der Waals surface area contributed by atoms with Crippen molar-refractivity contribution in [1.82, 2.24) is 9.38 Å². The van der Waals surface area contributed by atoms with Gasteiger partial charge in [-0.25, -0.2) is 9.78 Å². The third kappa shape index (κ3) is 2.16. The number of carboxylic acid groups (broad SMARTS) is 1. The standard InChI is InChI=1S/C13H16N2O3/c1-13(2,3)7-9-14-11(12(17)18)8-5-4-6-10(16)15(8)9/h4-6,16H,7H2,1-3H3,(H,17,18). The summed E-state index contributed by atoms with van der Waals surface area (Å²) in [4.78, 5) is 15.3. The summed E-state index contributed by atoms with van der Waals surface area (Å²) in [7, 11) is 0.